The maximum Gasteiger partial charge on any atom is 0.178 e. The third-order valence-electron chi connectivity index (χ3n) is 2.00. The average Bonchev–Trinajstić information content (AvgIpc) is 2.35. The van der Waals surface area contributed by atoms with Crippen molar-refractivity contribution in [3.63, 3.8) is 0 Å². The Hall–Kier alpha value is -1.67. The van der Waals surface area contributed by atoms with Gasteiger partial charge in [0.05, 0.1) is 23.6 Å². The number of rotatable bonds is 4. The van der Waals surface area contributed by atoms with Crippen LogP contribution in [0.4, 0.5) is 0 Å². The summed E-state index contributed by atoms with van der Waals surface area (Å²) in [4.78, 5) is 22.2. The fourth-order valence-electron chi connectivity index (χ4n) is 1.31. The quantitative estimate of drug-likeness (QED) is 0.481. The number of ether oxygens (including phenoxy) is 1. The Morgan fingerprint density at radius 3 is 2.75 bits per heavy atom. The van der Waals surface area contributed by atoms with Gasteiger partial charge in [-0.3, -0.25) is 9.59 Å². The SMILES string of the molecule is COc1cc(C=O)cc(C#N)c1C(=O)CBr. The summed E-state index contributed by atoms with van der Waals surface area (Å²) >= 11 is 3.03. The van der Waals surface area contributed by atoms with Crippen LogP contribution in [0.2, 0.25) is 0 Å². The van der Waals surface area contributed by atoms with Crippen LogP contribution >= 0.6 is 15.9 Å². The lowest BCUT2D eigenvalue weighted by atomic mass is 10.0. The van der Waals surface area contributed by atoms with Gasteiger partial charge in [-0.1, -0.05) is 15.9 Å². The largest absolute Gasteiger partial charge is 0.496 e. The summed E-state index contributed by atoms with van der Waals surface area (Å²) in [5, 5.41) is 9.01. The summed E-state index contributed by atoms with van der Waals surface area (Å²) in [5.41, 5.74) is 0.651. The van der Waals surface area contributed by atoms with E-state index in [1.165, 1.54) is 19.2 Å². The van der Waals surface area contributed by atoms with Crippen LogP contribution in [0.3, 0.4) is 0 Å². The van der Waals surface area contributed by atoms with Crippen molar-refractivity contribution in [1.29, 1.82) is 5.26 Å². The topological polar surface area (TPSA) is 67.2 Å². The highest BCUT2D eigenvalue weighted by Gasteiger charge is 2.17. The summed E-state index contributed by atoms with van der Waals surface area (Å²) in [6.07, 6.45) is 0.603. The summed E-state index contributed by atoms with van der Waals surface area (Å²) in [5.74, 6) is -0.0172. The standard InChI is InChI=1S/C11H8BrNO3/c1-16-10-3-7(6-14)2-8(5-13)11(10)9(15)4-12/h2-3,6H,4H2,1H3. The van der Waals surface area contributed by atoms with Crippen molar-refractivity contribution in [3.05, 3.63) is 28.8 Å². The van der Waals surface area contributed by atoms with Gasteiger partial charge in [0.15, 0.2) is 5.78 Å². The van der Waals surface area contributed by atoms with Gasteiger partial charge in [-0.25, -0.2) is 0 Å². The van der Waals surface area contributed by atoms with Crippen molar-refractivity contribution in [2.45, 2.75) is 0 Å². The van der Waals surface area contributed by atoms with Crippen LogP contribution in [0, 0.1) is 11.3 Å². The Kier molecular flexibility index (Phi) is 4.20. The lowest BCUT2D eigenvalue weighted by molar-refractivity contribution is 0.101. The number of benzene rings is 1. The molecule has 0 aliphatic rings. The Morgan fingerprint density at radius 2 is 2.31 bits per heavy atom. The Labute approximate surface area is 101 Å². The lowest BCUT2D eigenvalue weighted by Crippen LogP contribution is -2.07. The highest BCUT2D eigenvalue weighted by atomic mass is 79.9. The number of carbonyl (C=O) groups is 2. The predicted molar refractivity (Wildman–Crippen MR) is 61.2 cm³/mol. The van der Waals surface area contributed by atoms with E-state index >= 15 is 0 Å². The molecule has 82 valence electrons. The number of Topliss-reactive ketones (excluding diaryl/α,β-unsaturated/α-hetero) is 1. The average molecular weight is 282 g/mol. The predicted octanol–water partition coefficient (Wildman–Crippen LogP) is 1.96. The van der Waals surface area contributed by atoms with Crippen LogP contribution < -0.4 is 4.74 Å². The number of methoxy groups -OCH3 is 1. The molecular weight excluding hydrogens is 274 g/mol. The molecule has 0 saturated carbocycles. The molecule has 0 bridgehead atoms. The molecule has 0 fully saturated rings. The van der Waals surface area contributed by atoms with Gasteiger partial charge in [0.2, 0.25) is 0 Å². The first-order valence-electron chi connectivity index (χ1n) is 4.34. The molecule has 5 heteroatoms. The minimum absolute atomic E-state index is 0.0957. The lowest BCUT2D eigenvalue weighted by Gasteiger charge is -2.08. The number of aldehydes is 1. The number of ketones is 1. The maximum atomic E-state index is 11.6. The van der Waals surface area contributed by atoms with Gasteiger partial charge in [-0.05, 0) is 12.1 Å². The van der Waals surface area contributed by atoms with Crippen molar-refractivity contribution in [2.75, 3.05) is 12.4 Å². The summed E-state index contributed by atoms with van der Waals surface area (Å²) < 4.78 is 5.00. The Balaban J connectivity index is 3.50. The number of hydrogen-bond acceptors (Lipinski definition) is 4. The van der Waals surface area contributed by atoms with E-state index in [2.05, 4.69) is 15.9 Å². The molecule has 0 aliphatic carbocycles. The van der Waals surface area contributed by atoms with Crippen molar-refractivity contribution in [1.82, 2.24) is 0 Å². The van der Waals surface area contributed by atoms with Gasteiger partial charge in [-0.15, -0.1) is 0 Å². The second kappa shape index (κ2) is 5.42. The zero-order valence-electron chi connectivity index (χ0n) is 8.49. The highest BCUT2D eigenvalue weighted by molar-refractivity contribution is 9.09. The zero-order chi connectivity index (χ0) is 12.1. The van der Waals surface area contributed by atoms with Crippen LogP contribution in [0.15, 0.2) is 12.1 Å². The molecular formula is C11H8BrNO3. The molecule has 0 amide bonds. The van der Waals surface area contributed by atoms with Gasteiger partial charge in [-0.2, -0.15) is 5.26 Å². The molecule has 0 atom stereocenters. The third kappa shape index (κ3) is 2.28. The summed E-state index contributed by atoms with van der Waals surface area (Å²) in [6.45, 7) is 0. The van der Waals surface area contributed by atoms with E-state index in [4.69, 9.17) is 10.00 Å². The minimum atomic E-state index is -0.258. The molecule has 0 heterocycles. The number of nitrogens with zero attached hydrogens (tertiary/aromatic N) is 1. The van der Waals surface area contributed by atoms with E-state index in [-0.39, 0.29) is 28.0 Å². The molecule has 0 N–H and O–H groups in total. The Bertz CT molecular complexity index is 477. The van der Waals surface area contributed by atoms with Crippen LogP contribution in [0.5, 0.6) is 5.75 Å². The number of halogens is 1. The van der Waals surface area contributed by atoms with E-state index in [1.807, 2.05) is 6.07 Å². The van der Waals surface area contributed by atoms with Crippen LogP contribution in [-0.2, 0) is 0 Å². The first kappa shape index (κ1) is 12.4. The van der Waals surface area contributed by atoms with Crippen molar-refractivity contribution in [2.24, 2.45) is 0 Å². The van der Waals surface area contributed by atoms with E-state index in [1.54, 1.807) is 0 Å². The number of alkyl halides is 1. The van der Waals surface area contributed by atoms with Crippen molar-refractivity contribution < 1.29 is 14.3 Å². The van der Waals surface area contributed by atoms with Crippen molar-refractivity contribution in [3.8, 4) is 11.8 Å². The zero-order valence-corrected chi connectivity index (χ0v) is 10.1. The van der Waals surface area contributed by atoms with E-state index in [0.29, 0.717) is 11.8 Å². The summed E-state index contributed by atoms with van der Waals surface area (Å²) in [6, 6.07) is 4.68. The van der Waals surface area contributed by atoms with Gasteiger partial charge in [0.25, 0.3) is 0 Å². The third-order valence-corrected chi connectivity index (χ3v) is 2.51. The second-order valence-corrected chi connectivity index (χ2v) is 3.49. The van der Waals surface area contributed by atoms with Crippen molar-refractivity contribution >= 4 is 28.0 Å². The van der Waals surface area contributed by atoms with Gasteiger partial charge in [0.1, 0.15) is 18.1 Å². The van der Waals surface area contributed by atoms with E-state index in [0.717, 1.165) is 0 Å². The molecule has 1 rings (SSSR count). The normalized spacial score (nSPS) is 9.31. The molecule has 0 spiro atoms. The second-order valence-electron chi connectivity index (χ2n) is 2.93. The number of carbonyl (C=O) groups excluding carboxylic acids is 2. The first-order valence-corrected chi connectivity index (χ1v) is 5.46. The smallest absolute Gasteiger partial charge is 0.178 e. The maximum absolute atomic E-state index is 11.6. The molecule has 0 saturated heterocycles. The van der Waals surface area contributed by atoms with Crippen LogP contribution in [0.1, 0.15) is 26.3 Å². The molecule has 1 aromatic rings. The van der Waals surface area contributed by atoms with Gasteiger partial charge < -0.3 is 4.74 Å². The fraction of sp³-hybridized carbons (Fsp3) is 0.182. The number of hydrogen-bond donors (Lipinski definition) is 0. The highest BCUT2D eigenvalue weighted by Crippen LogP contribution is 2.25. The van der Waals surface area contributed by atoms with Crippen LogP contribution in [0.25, 0.3) is 0 Å². The molecule has 0 radical (unpaired) electrons. The van der Waals surface area contributed by atoms with Gasteiger partial charge in [0, 0.05) is 5.56 Å². The molecule has 16 heavy (non-hydrogen) atoms. The molecule has 0 aliphatic heterocycles. The van der Waals surface area contributed by atoms with E-state index in [9.17, 15) is 9.59 Å². The van der Waals surface area contributed by atoms with Crippen LogP contribution in [-0.4, -0.2) is 24.5 Å². The monoisotopic (exact) mass is 281 g/mol. The molecule has 4 nitrogen and oxygen atoms in total. The van der Waals surface area contributed by atoms with E-state index < -0.39 is 0 Å². The number of nitriles is 1. The Morgan fingerprint density at radius 1 is 1.62 bits per heavy atom. The summed E-state index contributed by atoms with van der Waals surface area (Å²) in [7, 11) is 1.39. The minimum Gasteiger partial charge on any atom is -0.496 e. The first-order chi connectivity index (χ1) is 7.67. The van der Waals surface area contributed by atoms with Gasteiger partial charge >= 0.3 is 0 Å². The molecule has 0 aromatic heterocycles. The molecule has 1 aromatic carbocycles. The molecule has 0 unspecified atom stereocenters. The fourth-order valence-corrected chi connectivity index (χ4v) is 1.59.